The number of halogens is 1. The van der Waals surface area contributed by atoms with Crippen molar-refractivity contribution < 1.29 is 28.2 Å². The van der Waals surface area contributed by atoms with Crippen LogP contribution in [0.2, 0.25) is 0 Å². The van der Waals surface area contributed by atoms with Gasteiger partial charge in [0.05, 0.1) is 24.1 Å². The molecule has 5 rings (SSSR count). The van der Waals surface area contributed by atoms with Crippen molar-refractivity contribution in [2.45, 2.75) is 6.54 Å². The fraction of sp³-hybridized carbons (Fsp3) is 0.0690. The van der Waals surface area contributed by atoms with Crippen LogP contribution in [-0.2, 0) is 11.3 Å². The van der Waals surface area contributed by atoms with Crippen LogP contribution in [0.4, 0.5) is 9.18 Å². The lowest BCUT2D eigenvalue weighted by Crippen LogP contribution is -2.27. The highest BCUT2D eigenvalue weighted by atomic mass is 32.2. The number of hydrogen-bond donors (Lipinski definition) is 0. The Hall–Kier alpha value is -4.43. The number of carbonyl (C=O) groups is 3. The maximum atomic E-state index is 13.1. The highest BCUT2D eigenvalue weighted by Crippen LogP contribution is 2.36. The van der Waals surface area contributed by atoms with Crippen LogP contribution in [-0.4, -0.2) is 29.1 Å². The number of benzene rings is 4. The molecular weight excluding hydrogens is 493 g/mol. The lowest BCUT2D eigenvalue weighted by atomic mass is 10.0. The summed E-state index contributed by atoms with van der Waals surface area (Å²) in [5, 5.41) is 1.68. The lowest BCUT2D eigenvalue weighted by Gasteiger charge is -2.14. The van der Waals surface area contributed by atoms with Gasteiger partial charge in [-0.15, -0.1) is 0 Å². The first-order valence-electron chi connectivity index (χ1n) is 11.3. The van der Waals surface area contributed by atoms with Crippen LogP contribution in [0.15, 0.2) is 89.8 Å². The Labute approximate surface area is 216 Å². The van der Waals surface area contributed by atoms with Gasteiger partial charge in [-0.25, -0.2) is 9.18 Å². The summed E-state index contributed by atoms with van der Waals surface area (Å²) in [5.41, 5.74) is 1.66. The number of amides is 2. The van der Waals surface area contributed by atoms with Crippen LogP contribution in [0.3, 0.4) is 0 Å². The number of rotatable bonds is 6. The zero-order chi connectivity index (χ0) is 25.9. The summed E-state index contributed by atoms with van der Waals surface area (Å²) in [6.07, 6.45) is 1.60. The minimum absolute atomic E-state index is 0.165. The standard InChI is InChI=1S/C29H20FNO5S/c1-35-25-15-18(9-14-24(25)36-28(33)20-10-12-22(30)13-11-20)16-26-27(32)31(29(34)37-26)17-21-7-4-6-19-5-2-3-8-23(19)21/h2-16H,17H2,1H3/b26-16-. The summed E-state index contributed by atoms with van der Waals surface area (Å²) in [6.45, 7) is 0.172. The number of thioether (sulfide) groups is 1. The predicted octanol–water partition coefficient (Wildman–Crippen LogP) is 6.44. The maximum Gasteiger partial charge on any atom is 0.343 e. The number of hydrogen-bond acceptors (Lipinski definition) is 6. The average Bonchev–Trinajstić information content (AvgIpc) is 3.17. The van der Waals surface area contributed by atoms with Gasteiger partial charge in [0.2, 0.25) is 0 Å². The molecule has 1 fully saturated rings. The zero-order valence-electron chi connectivity index (χ0n) is 19.6. The Balaban J connectivity index is 1.35. The van der Waals surface area contributed by atoms with Crippen LogP contribution in [0.1, 0.15) is 21.5 Å². The Kier molecular flexibility index (Phi) is 6.74. The SMILES string of the molecule is COc1cc(/C=C2\SC(=O)N(Cc3cccc4ccccc34)C2=O)ccc1OC(=O)c1ccc(F)cc1. The fourth-order valence-electron chi connectivity index (χ4n) is 3.99. The number of nitrogens with zero attached hydrogens (tertiary/aromatic N) is 1. The quantitative estimate of drug-likeness (QED) is 0.168. The molecule has 0 aliphatic carbocycles. The highest BCUT2D eigenvalue weighted by Gasteiger charge is 2.35. The summed E-state index contributed by atoms with van der Waals surface area (Å²) in [7, 11) is 1.42. The minimum atomic E-state index is -0.666. The second-order valence-corrected chi connectivity index (χ2v) is 9.21. The van der Waals surface area contributed by atoms with Crippen LogP contribution < -0.4 is 9.47 Å². The molecule has 1 aliphatic rings. The number of ether oxygens (including phenoxy) is 2. The van der Waals surface area contributed by atoms with Gasteiger partial charge in [-0.2, -0.15) is 0 Å². The summed E-state index contributed by atoms with van der Waals surface area (Å²) in [6, 6.07) is 23.4. The van der Waals surface area contributed by atoms with Crippen LogP contribution >= 0.6 is 11.8 Å². The van der Waals surface area contributed by atoms with Crippen molar-refractivity contribution >= 4 is 45.7 Å². The third-order valence-electron chi connectivity index (χ3n) is 5.85. The topological polar surface area (TPSA) is 72.9 Å². The predicted molar refractivity (Wildman–Crippen MR) is 140 cm³/mol. The van der Waals surface area contributed by atoms with Crippen molar-refractivity contribution in [1.29, 1.82) is 0 Å². The molecule has 37 heavy (non-hydrogen) atoms. The molecule has 0 radical (unpaired) electrons. The molecule has 0 spiro atoms. The van der Waals surface area contributed by atoms with E-state index >= 15 is 0 Å². The second-order valence-electron chi connectivity index (χ2n) is 8.21. The normalized spacial score (nSPS) is 14.4. The van der Waals surface area contributed by atoms with Gasteiger partial charge in [0.15, 0.2) is 11.5 Å². The van der Waals surface area contributed by atoms with Gasteiger partial charge in [0.25, 0.3) is 11.1 Å². The summed E-state index contributed by atoms with van der Waals surface area (Å²) in [4.78, 5) is 39.7. The molecule has 6 nitrogen and oxygen atoms in total. The van der Waals surface area contributed by atoms with Gasteiger partial charge in [0, 0.05) is 0 Å². The molecule has 0 unspecified atom stereocenters. The minimum Gasteiger partial charge on any atom is -0.493 e. The largest absolute Gasteiger partial charge is 0.493 e. The number of esters is 1. The van der Waals surface area contributed by atoms with Crippen molar-refractivity contribution in [2.75, 3.05) is 7.11 Å². The molecule has 0 N–H and O–H groups in total. The first-order valence-corrected chi connectivity index (χ1v) is 12.1. The molecule has 0 aromatic heterocycles. The van der Waals surface area contributed by atoms with Crippen molar-refractivity contribution in [3.63, 3.8) is 0 Å². The molecule has 1 saturated heterocycles. The molecule has 4 aromatic rings. The van der Waals surface area contributed by atoms with Crippen molar-refractivity contribution in [3.8, 4) is 11.5 Å². The lowest BCUT2D eigenvalue weighted by molar-refractivity contribution is -0.123. The third-order valence-corrected chi connectivity index (χ3v) is 6.76. The van der Waals surface area contributed by atoms with Gasteiger partial charge in [0.1, 0.15) is 5.82 Å². The van der Waals surface area contributed by atoms with E-state index in [1.165, 1.54) is 42.3 Å². The maximum absolute atomic E-state index is 13.1. The average molecular weight is 514 g/mol. The van der Waals surface area contributed by atoms with E-state index in [0.717, 1.165) is 28.1 Å². The smallest absolute Gasteiger partial charge is 0.343 e. The van der Waals surface area contributed by atoms with Gasteiger partial charge in [-0.3, -0.25) is 14.5 Å². The van der Waals surface area contributed by atoms with E-state index in [9.17, 15) is 18.8 Å². The van der Waals surface area contributed by atoms with Gasteiger partial charge in [-0.05, 0) is 76.1 Å². The first kappa shape index (κ1) is 24.3. The van der Waals surface area contributed by atoms with Gasteiger partial charge >= 0.3 is 5.97 Å². The molecular formula is C29H20FNO5S. The van der Waals surface area contributed by atoms with E-state index in [1.807, 2.05) is 42.5 Å². The Morgan fingerprint density at radius 1 is 0.946 bits per heavy atom. The first-order chi connectivity index (χ1) is 17.9. The number of methoxy groups -OCH3 is 1. The van der Waals surface area contributed by atoms with E-state index < -0.39 is 11.8 Å². The Bertz CT molecular complexity index is 1560. The van der Waals surface area contributed by atoms with E-state index in [-0.39, 0.29) is 39.7 Å². The van der Waals surface area contributed by atoms with Crippen LogP contribution in [0.5, 0.6) is 11.5 Å². The van der Waals surface area contributed by atoms with Crippen molar-refractivity contribution in [3.05, 3.63) is 112 Å². The molecule has 4 aromatic carbocycles. The molecule has 2 amide bonds. The monoisotopic (exact) mass is 513 g/mol. The molecule has 0 atom stereocenters. The van der Waals surface area contributed by atoms with Gasteiger partial charge in [-0.1, -0.05) is 48.5 Å². The molecule has 1 heterocycles. The number of carbonyl (C=O) groups excluding carboxylic acids is 3. The number of fused-ring (bicyclic) bond motifs is 1. The van der Waals surface area contributed by atoms with Crippen molar-refractivity contribution in [1.82, 2.24) is 4.90 Å². The van der Waals surface area contributed by atoms with E-state index in [1.54, 1.807) is 18.2 Å². The molecule has 8 heteroatoms. The van der Waals surface area contributed by atoms with Gasteiger partial charge < -0.3 is 9.47 Å². The van der Waals surface area contributed by atoms with E-state index in [4.69, 9.17) is 9.47 Å². The summed E-state index contributed by atoms with van der Waals surface area (Å²) >= 11 is 0.870. The van der Waals surface area contributed by atoms with E-state index in [0.29, 0.717) is 5.56 Å². The second kappa shape index (κ2) is 10.3. The van der Waals surface area contributed by atoms with Crippen molar-refractivity contribution in [2.24, 2.45) is 0 Å². The zero-order valence-corrected chi connectivity index (χ0v) is 20.5. The van der Waals surface area contributed by atoms with Crippen LogP contribution in [0.25, 0.3) is 16.8 Å². The Morgan fingerprint density at radius 2 is 1.70 bits per heavy atom. The molecule has 0 bridgehead atoms. The van der Waals surface area contributed by atoms with E-state index in [2.05, 4.69) is 0 Å². The summed E-state index contributed by atoms with van der Waals surface area (Å²) in [5.74, 6) is -1.08. The highest BCUT2D eigenvalue weighted by molar-refractivity contribution is 8.18. The molecule has 0 saturated carbocycles. The third kappa shape index (κ3) is 5.10. The Morgan fingerprint density at radius 3 is 2.49 bits per heavy atom. The molecule has 184 valence electrons. The summed E-state index contributed by atoms with van der Waals surface area (Å²) < 4.78 is 23.9. The fourth-order valence-corrected chi connectivity index (χ4v) is 4.83. The molecule has 1 aliphatic heterocycles. The van der Waals surface area contributed by atoms with Crippen LogP contribution in [0, 0.1) is 5.82 Å². The number of imide groups is 1.